The van der Waals surface area contributed by atoms with Crippen LogP contribution in [0.3, 0.4) is 0 Å². The van der Waals surface area contributed by atoms with Crippen molar-refractivity contribution in [1.82, 2.24) is 0 Å². The Bertz CT molecular complexity index is 623. The predicted octanol–water partition coefficient (Wildman–Crippen LogP) is 3.63. The highest BCUT2D eigenvalue weighted by Crippen LogP contribution is 2.35. The van der Waals surface area contributed by atoms with Crippen LogP contribution in [0.25, 0.3) is 0 Å². The molecule has 0 atom stereocenters. The van der Waals surface area contributed by atoms with Gasteiger partial charge < -0.3 is 0 Å². The number of hydrogen-bond acceptors (Lipinski definition) is 3. The molecular formula is C19H22O2S. The van der Waals surface area contributed by atoms with Crippen molar-refractivity contribution in [3.05, 3.63) is 34.4 Å². The van der Waals surface area contributed by atoms with Crippen molar-refractivity contribution < 1.29 is 9.59 Å². The van der Waals surface area contributed by atoms with Gasteiger partial charge in [0.25, 0.3) is 0 Å². The molecule has 0 aromatic heterocycles. The Kier molecular flexibility index (Phi) is 5.47. The molecule has 2 nitrogen and oxygen atoms in total. The SMILES string of the molecule is CC#Cc1cc(C)c(C2C(=O)CC(CCS)CC2=O)c(C)c1. The Morgan fingerprint density at radius 3 is 2.14 bits per heavy atom. The van der Waals surface area contributed by atoms with Gasteiger partial charge >= 0.3 is 0 Å². The van der Waals surface area contributed by atoms with Crippen LogP contribution >= 0.6 is 12.6 Å². The fourth-order valence-corrected chi connectivity index (χ4v) is 3.78. The van der Waals surface area contributed by atoms with Crippen molar-refractivity contribution in [3.63, 3.8) is 0 Å². The molecule has 116 valence electrons. The van der Waals surface area contributed by atoms with Crippen LogP contribution in [0.1, 0.15) is 54.4 Å². The monoisotopic (exact) mass is 314 g/mol. The number of carbonyl (C=O) groups is 2. The van der Waals surface area contributed by atoms with E-state index in [1.807, 2.05) is 26.0 Å². The maximum absolute atomic E-state index is 12.5. The van der Waals surface area contributed by atoms with Crippen molar-refractivity contribution in [2.75, 3.05) is 5.75 Å². The van der Waals surface area contributed by atoms with Gasteiger partial charge in [-0.25, -0.2) is 0 Å². The number of rotatable bonds is 3. The molecule has 0 spiro atoms. The molecular weight excluding hydrogens is 292 g/mol. The van der Waals surface area contributed by atoms with Gasteiger partial charge in [-0.2, -0.15) is 12.6 Å². The van der Waals surface area contributed by atoms with Gasteiger partial charge in [-0.05, 0) is 67.7 Å². The second-order valence-electron chi connectivity index (χ2n) is 6.05. The Morgan fingerprint density at radius 2 is 1.68 bits per heavy atom. The summed E-state index contributed by atoms with van der Waals surface area (Å²) in [6.45, 7) is 5.72. The molecule has 1 aromatic rings. The molecule has 1 fully saturated rings. The molecule has 1 aliphatic carbocycles. The molecule has 0 amide bonds. The third-order valence-electron chi connectivity index (χ3n) is 4.31. The molecule has 0 radical (unpaired) electrons. The van der Waals surface area contributed by atoms with E-state index in [9.17, 15) is 9.59 Å². The minimum atomic E-state index is -0.584. The quantitative estimate of drug-likeness (QED) is 0.525. The molecule has 3 heteroatoms. The van der Waals surface area contributed by atoms with Gasteiger partial charge in [0.2, 0.25) is 0 Å². The fourth-order valence-electron chi connectivity index (χ4n) is 3.41. The third-order valence-corrected chi connectivity index (χ3v) is 4.57. The lowest BCUT2D eigenvalue weighted by Crippen LogP contribution is -2.32. The first-order valence-electron chi connectivity index (χ1n) is 7.68. The van der Waals surface area contributed by atoms with Crippen LogP contribution in [0.15, 0.2) is 12.1 Å². The van der Waals surface area contributed by atoms with Crippen LogP contribution in [0, 0.1) is 31.6 Å². The van der Waals surface area contributed by atoms with Crippen LogP contribution in [-0.2, 0) is 9.59 Å². The lowest BCUT2D eigenvalue weighted by molar-refractivity contribution is -0.133. The predicted molar refractivity (Wildman–Crippen MR) is 92.4 cm³/mol. The first-order valence-corrected chi connectivity index (χ1v) is 8.31. The fraction of sp³-hybridized carbons (Fsp3) is 0.474. The van der Waals surface area contributed by atoms with E-state index in [1.54, 1.807) is 6.92 Å². The van der Waals surface area contributed by atoms with E-state index in [0.717, 1.165) is 34.4 Å². The number of benzene rings is 1. The van der Waals surface area contributed by atoms with Crippen molar-refractivity contribution in [2.24, 2.45) is 5.92 Å². The Balaban J connectivity index is 2.37. The normalized spacial score (nSPS) is 21.5. The van der Waals surface area contributed by atoms with E-state index in [1.165, 1.54) is 0 Å². The molecule has 0 bridgehead atoms. The first-order chi connectivity index (χ1) is 10.5. The average Bonchev–Trinajstić information content (AvgIpc) is 2.41. The van der Waals surface area contributed by atoms with Crippen molar-refractivity contribution >= 4 is 24.2 Å². The first kappa shape index (κ1) is 16.8. The third kappa shape index (κ3) is 3.44. The largest absolute Gasteiger partial charge is 0.299 e. The van der Waals surface area contributed by atoms with E-state index in [0.29, 0.717) is 12.8 Å². The van der Waals surface area contributed by atoms with Gasteiger partial charge in [-0.15, -0.1) is 5.92 Å². The van der Waals surface area contributed by atoms with Crippen LogP contribution < -0.4 is 0 Å². The minimum absolute atomic E-state index is 0.0589. The molecule has 1 saturated carbocycles. The highest BCUT2D eigenvalue weighted by molar-refractivity contribution is 7.80. The summed E-state index contributed by atoms with van der Waals surface area (Å²) in [6.07, 6.45) is 1.81. The Labute approximate surface area is 138 Å². The maximum Gasteiger partial charge on any atom is 0.148 e. The Hall–Kier alpha value is -1.53. The number of hydrogen-bond donors (Lipinski definition) is 1. The number of ketones is 2. The molecule has 22 heavy (non-hydrogen) atoms. The standard InChI is InChI=1S/C19H22O2S/c1-4-5-14-8-12(2)18(13(3)9-14)19-16(20)10-15(6-7-22)11-17(19)21/h8-9,15,19,22H,6-7,10-11H2,1-3H3. The van der Waals surface area contributed by atoms with E-state index in [4.69, 9.17) is 0 Å². The van der Waals surface area contributed by atoms with E-state index < -0.39 is 5.92 Å². The van der Waals surface area contributed by atoms with Gasteiger partial charge in [0.1, 0.15) is 17.5 Å². The molecule has 0 aliphatic heterocycles. The lowest BCUT2D eigenvalue weighted by Gasteiger charge is -2.28. The number of thiol groups is 1. The molecule has 0 heterocycles. The van der Waals surface area contributed by atoms with E-state index in [2.05, 4.69) is 24.5 Å². The van der Waals surface area contributed by atoms with Gasteiger partial charge in [0.05, 0.1) is 0 Å². The average molecular weight is 314 g/mol. The molecule has 1 aromatic carbocycles. The van der Waals surface area contributed by atoms with E-state index >= 15 is 0 Å². The zero-order chi connectivity index (χ0) is 16.3. The van der Waals surface area contributed by atoms with Crippen molar-refractivity contribution in [3.8, 4) is 11.8 Å². The zero-order valence-corrected chi connectivity index (χ0v) is 14.3. The highest BCUT2D eigenvalue weighted by Gasteiger charge is 2.37. The molecule has 2 rings (SSSR count). The van der Waals surface area contributed by atoms with Gasteiger partial charge in [-0.3, -0.25) is 9.59 Å². The maximum atomic E-state index is 12.5. The smallest absolute Gasteiger partial charge is 0.148 e. The van der Waals surface area contributed by atoms with Gasteiger partial charge in [-0.1, -0.05) is 5.92 Å². The summed E-state index contributed by atoms with van der Waals surface area (Å²) in [5.41, 5.74) is 3.79. The van der Waals surface area contributed by atoms with Crippen LogP contribution in [0.2, 0.25) is 0 Å². The second kappa shape index (κ2) is 7.15. The van der Waals surface area contributed by atoms with Crippen molar-refractivity contribution in [2.45, 2.75) is 46.0 Å². The minimum Gasteiger partial charge on any atom is -0.299 e. The summed E-state index contributed by atoms with van der Waals surface area (Å²) in [5, 5.41) is 0. The summed E-state index contributed by atoms with van der Waals surface area (Å²) in [5.74, 6) is 6.34. The zero-order valence-electron chi connectivity index (χ0n) is 13.4. The van der Waals surface area contributed by atoms with Gasteiger partial charge in [0.15, 0.2) is 0 Å². The topological polar surface area (TPSA) is 34.1 Å². The highest BCUT2D eigenvalue weighted by atomic mass is 32.1. The summed E-state index contributed by atoms with van der Waals surface area (Å²) >= 11 is 4.21. The number of aryl methyl sites for hydroxylation is 2. The van der Waals surface area contributed by atoms with Gasteiger partial charge in [0, 0.05) is 18.4 Å². The summed E-state index contributed by atoms with van der Waals surface area (Å²) < 4.78 is 0. The molecule has 0 unspecified atom stereocenters. The summed E-state index contributed by atoms with van der Waals surface area (Å²) in [4.78, 5) is 25.1. The van der Waals surface area contributed by atoms with Crippen molar-refractivity contribution in [1.29, 1.82) is 0 Å². The number of Topliss-reactive ketones (excluding diaryl/α,β-unsaturated/α-hetero) is 2. The second-order valence-corrected chi connectivity index (χ2v) is 6.50. The molecule has 1 aliphatic rings. The Morgan fingerprint density at radius 1 is 1.14 bits per heavy atom. The van der Waals surface area contributed by atoms with E-state index in [-0.39, 0.29) is 17.5 Å². The summed E-state index contributed by atoms with van der Waals surface area (Å²) in [7, 11) is 0. The van der Waals surface area contributed by atoms with Crippen LogP contribution in [-0.4, -0.2) is 17.3 Å². The lowest BCUT2D eigenvalue weighted by atomic mass is 9.73. The number of carbonyl (C=O) groups excluding carboxylic acids is 2. The molecule has 0 N–H and O–H groups in total. The van der Waals surface area contributed by atoms with Crippen LogP contribution in [0.4, 0.5) is 0 Å². The van der Waals surface area contributed by atoms with Crippen LogP contribution in [0.5, 0.6) is 0 Å². The summed E-state index contributed by atoms with van der Waals surface area (Å²) in [6, 6.07) is 3.94. The molecule has 0 saturated heterocycles.